The molecule has 202 valence electrons. The van der Waals surface area contributed by atoms with E-state index in [4.69, 9.17) is 14.2 Å². The van der Waals surface area contributed by atoms with Gasteiger partial charge in [-0.25, -0.2) is 28.4 Å². The van der Waals surface area contributed by atoms with Crippen LogP contribution >= 0.6 is 0 Å². The van der Waals surface area contributed by atoms with Crippen LogP contribution in [0.2, 0.25) is 0 Å². The number of hydrogen-bond donors (Lipinski definition) is 1. The molecule has 40 heavy (non-hydrogen) atoms. The molecule has 0 saturated carbocycles. The lowest BCUT2D eigenvalue weighted by molar-refractivity contribution is -0.112. The Bertz CT molecular complexity index is 1690. The highest BCUT2D eigenvalue weighted by Gasteiger charge is 2.26. The smallest absolute Gasteiger partial charge is 0.296 e. The van der Waals surface area contributed by atoms with E-state index in [1.54, 1.807) is 47.4 Å². The van der Waals surface area contributed by atoms with Gasteiger partial charge in [0.15, 0.2) is 11.5 Å². The number of benzene rings is 3. The highest BCUT2D eigenvalue weighted by molar-refractivity contribution is 6.46. The Kier molecular flexibility index (Phi) is 7.27. The van der Waals surface area contributed by atoms with E-state index < -0.39 is 28.9 Å². The number of nitrogens with one attached hydrogen (secondary N) is 1. The van der Waals surface area contributed by atoms with Crippen LogP contribution in [-0.4, -0.2) is 50.6 Å². The fraction of sp³-hybridized carbons (Fsp3) is 0.111. The van der Waals surface area contributed by atoms with Crippen LogP contribution in [-0.2, 0) is 11.3 Å². The van der Waals surface area contributed by atoms with Gasteiger partial charge in [0.25, 0.3) is 11.7 Å². The summed E-state index contributed by atoms with van der Waals surface area (Å²) < 4.78 is 47.6. The minimum Gasteiger partial charge on any atom is -0.493 e. The Labute approximate surface area is 225 Å². The van der Waals surface area contributed by atoms with Crippen LogP contribution in [0, 0.1) is 11.6 Å². The quantitative estimate of drug-likeness (QED) is 0.214. The Morgan fingerprint density at radius 3 is 2.27 bits per heavy atom. The molecule has 0 unspecified atom stereocenters. The van der Waals surface area contributed by atoms with Gasteiger partial charge >= 0.3 is 0 Å². The molecule has 2 heterocycles. The van der Waals surface area contributed by atoms with Crippen molar-refractivity contribution in [3.8, 4) is 23.1 Å². The number of aromatic nitrogens is 5. The summed E-state index contributed by atoms with van der Waals surface area (Å²) in [7, 11) is 2.91. The van der Waals surface area contributed by atoms with Crippen molar-refractivity contribution in [2.75, 3.05) is 19.5 Å². The van der Waals surface area contributed by atoms with Gasteiger partial charge in [-0.15, -0.1) is 0 Å². The normalized spacial score (nSPS) is 10.8. The number of amides is 1. The van der Waals surface area contributed by atoms with E-state index in [1.165, 1.54) is 26.9 Å². The summed E-state index contributed by atoms with van der Waals surface area (Å²) >= 11 is 0. The third-order valence-corrected chi connectivity index (χ3v) is 5.79. The molecule has 11 nitrogen and oxygen atoms in total. The van der Waals surface area contributed by atoms with E-state index in [0.717, 1.165) is 17.7 Å². The van der Waals surface area contributed by atoms with Crippen molar-refractivity contribution < 1.29 is 32.6 Å². The van der Waals surface area contributed by atoms with Crippen LogP contribution in [0.1, 0.15) is 15.9 Å². The molecule has 13 heteroatoms. The highest BCUT2D eigenvalue weighted by atomic mass is 19.1. The Morgan fingerprint density at radius 1 is 0.925 bits per heavy atom. The van der Waals surface area contributed by atoms with Crippen molar-refractivity contribution in [2.45, 2.75) is 6.54 Å². The lowest BCUT2D eigenvalue weighted by atomic mass is 10.1. The summed E-state index contributed by atoms with van der Waals surface area (Å²) in [6.07, 6.45) is 4.17. The van der Waals surface area contributed by atoms with Crippen molar-refractivity contribution >= 4 is 28.3 Å². The average molecular weight is 546 g/mol. The first-order valence-electron chi connectivity index (χ1n) is 11.7. The van der Waals surface area contributed by atoms with Gasteiger partial charge in [0.2, 0.25) is 5.88 Å². The van der Waals surface area contributed by atoms with E-state index in [-0.39, 0.29) is 17.3 Å². The molecule has 3 aromatic carbocycles. The van der Waals surface area contributed by atoms with Crippen LogP contribution < -0.4 is 19.5 Å². The van der Waals surface area contributed by atoms with Crippen molar-refractivity contribution in [3.05, 3.63) is 90.3 Å². The zero-order chi connectivity index (χ0) is 28.2. The number of fused-ring (bicyclic) bond motifs is 1. The first-order valence-corrected chi connectivity index (χ1v) is 11.7. The molecule has 0 spiro atoms. The molecule has 0 radical (unpaired) electrons. The van der Waals surface area contributed by atoms with Gasteiger partial charge in [0, 0.05) is 23.9 Å². The van der Waals surface area contributed by atoms with E-state index in [0.29, 0.717) is 28.9 Å². The van der Waals surface area contributed by atoms with Crippen LogP contribution in [0.4, 0.5) is 14.5 Å². The van der Waals surface area contributed by atoms with Gasteiger partial charge in [-0.2, -0.15) is 5.10 Å². The number of anilines is 1. The number of nitrogens with zero attached hydrogens (tertiary/aromatic N) is 5. The first kappa shape index (κ1) is 26.2. The van der Waals surface area contributed by atoms with E-state index in [9.17, 15) is 18.4 Å². The second-order valence-corrected chi connectivity index (χ2v) is 8.34. The zero-order valence-electron chi connectivity index (χ0n) is 21.1. The zero-order valence-corrected chi connectivity index (χ0v) is 21.1. The highest BCUT2D eigenvalue weighted by Crippen LogP contribution is 2.36. The molecular formula is C27H20F2N6O5. The van der Waals surface area contributed by atoms with Gasteiger partial charge in [0.1, 0.15) is 36.4 Å². The van der Waals surface area contributed by atoms with Gasteiger partial charge in [0.05, 0.1) is 37.2 Å². The summed E-state index contributed by atoms with van der Waals surface area (Å²) in [5.74, 6) is -4.69. The standard InChI is InChI=1S/C27H20F2N6O5/c1-38-22-9-18-21(10-23(22)39-2)31-13-32-27(18)40-17-7-19(28)24(20(29)8-17)25(36)26(37)34-16-5-3-15(4-6-16)11-35-14-30-12-33-35/h3-10,12-14H,11H2,1-2H3,(H,34,37). The first-order chi connectivity index (χ1) is 19.4. The van der Waals surface area contributed by atoms with Crippen molar-refractivity contribution in [3.63, 3.8) is 0 Å². The lowest BCUT2D eigenvalue weighted by Crippen LogP contribution is -2.25. The van der Waals surface area contributed by atoms with Gasteiger partial charge in [-0.1, -0.05) is 12.1 Å². The number of Topliss-reactive ketones (excluding diaryl/α,β-unsaturated/α-hetero) is 1. The predicted molar refractivity (Wildman–Crippen MR) is 138 cm³/mol. The SMILES string of the molecule is COc1cc2ncnc(Oc3cc(F)c(C(=O)C(=O)Nc4ccc(Cn5cncn5)cc4)c(F)c3)c2cc1OC. The predicted octanol–water partition coefficient (Wildman–Crippen LogP) is 4.18. The number of ketones is 1. The molecule has 5 rings (SSSR count). The molecule has 0 saturated heterocycles. The Hall–Kier alpha value is -5.46. The second kappa shape index (κ2) is 11.1. The van der Waals surface area contributed by atoms with Crippen LogP contribution in [0.25, 0.3) is 10.9 Å². The molecule has 0 bridgehead atoms. The molecule has 1 amide bonds. The number of methoxy groups -OCH3 is 2. The molecule has 0 aliphatic heterocycles. The lowest BCUT2D eigenvalue weighted by Gasteiger charge is -2.12. The van der Waals surface area contributed by atoms with Crippen LogP contribution in [0.3, 0.4) is 0 Å². The van der Waals surface area contributed by atoms with E-state index in [2.05, 4.69) is 25.4 Å². The number of ether oxygens (including phenoxy) is 3. The number of carbonyl (C=O) groups excluding carboxylic acids is 2. The molecule has 0 aliphatic rings. The molecular weight excluding hydrogens is 526 g/mol. The Morgan fingerprint density at radius 2 is 1.62 bits per heavy atom. The minimum absolute atomic E-state index is 0.0196. The topological polar surface area (TPSA) is 130 Å². The number of hydrogen-bond acceptors (Lipinski definition) is 9. The van der Waals surface area contributed by atoms with Crippen molar-refractivity contribution in [1.29, 1.82) is 0 Å². The maximum atomic E-state index is 14.9. The summed E-state index contributed by atoms with van der Waals surface area (Å²) in [6, 6.07) is 11.2. The number of carbonyl (C=O) groups is 2. The number of halogens is 2. The summed E-state index contributed by atoms with van der Waals surface area (Å²) in [4.78, 5) is 37.2. The van der Waals surface area contributed by atoms with Crippen molar-refractivity contribution in [1.82, 2.24) is 24.7 Å². The largest absolute Gasteiger partial charge is 0.493 e. The van der Waals surface area contributed by atoms with Gasteiger partial charge in [-0.05, 0) is 23.8 Å². The van der Waals surface area contributed by atoms with Crippen molar-refractivity contribution in [2.24, 2.45) is 0 Å². The van der Waals surface area contributed by atoms with Crippen LogP contribution in [0.15, 0.2) is 67.5 Å². The van der Waals surface area contributed by atoms with Crippen LogP contribution in [0.5, 0.6) is 23.1 Å². The third-order valence-electron chi connectivity index (χ3n) is 5.79. The van der Waals surface area contributed by atoms with E-state index >= 15 is 0 Å². The average Bonchev–Trinajstić information content (AvgIpc) is 3.46. The molecule has 0 atom stereocenters. The molecule has 0 fully saturated rings. The van der Waals surface area contributed by atoms with Gasteiger partial charge < -0.3 is 19.5 Å². The summed E-state index contributed by atoms with van der Waals surface area (Å²) in [5, 5.41) is 6.74. The molecule has 2 aromatic heterocycles. The Balaban J connectivity index is 1.33. The summed E-state index contributed by atoms with van der Waals surface area (Å²) in [5.41, 5.74) is 0.533. The fourth-order valence-electron chi connectivity index (χ4n) is 3.87. The van der Waals surface area contributed by atoms with E-state index in [1.807, 2.05) is 0 Å². The number of rotatable bonds is 9. The summed E-state index contributed by atoms with van der Waals surface area (Å²) in [6.45, 7) is 0.449. The molecule has 5 aromatic rings. The fourth-order valence-corrected chi connectivity index (χ4v) is 3.87. The molecule has 0 aliphatic carbocycles. The maximum Gasteiger partial charge on any atom is 0.296 e. The molecule has 1 N–H and O–H groups in total. The maximum absolute atomic E-state index is 14.9. The second-order valence-electron chi connectivity index (χ2n) is 8.34. The third kappa shape index (κ3) is 5.38. The van der Waals surface area contributed by atoms with Gasteiger partial charge in [-0.3, -0.25) is 9.59 Å². The monoisotopic (exact) mass is 546 g/mol. The minimum atomic E-state index is -1.39.